The first-order valence-corrected chi connectivity index (χ1v) is 12.6. The van der Waals surface area contributed by atoms with Crippen LogP contribution in [0.3, 0.4) is 0 Å². The lowest BCUT2D eigenvalue weighted by Crippen LogP contribution is -2.12. The third-order valence-electron chi connectivity index (χ3n) is 4.73. The predicted octanol–water partition coefficient (Wildman–Crippen LogP) is 8.30. The van der Waals surface area contributed by atoms with Crippen LogP contribution in [0.1, 0.15) is 93.7 Å². The molecule has 0 aliphatic heterocycles. The molecule has 9 heteroatoms. The Balaban J connectivity index is 0.00000137. The molecule has 0 unspecified atom stereocenters. The number of halogens is 3. The molecule has 190 valence electrons. The predicted molar refractivity (Wildman–Crippen MR) is 134 cm³/mol. The van der Waals surface area contributed by atoms with Gasteiger partial charge in [-0.15, -0.1) is 11.3 Å². The Kier molecular flexibility index (Phi) is 12.3. The van der Waals surface area contributed by atoms with Crippen LogP contribution >= 0.6 is 11.3 Å². The zero-order valence-corrected chi connectivity index (χ0v) is 21.9. The van der Waals surface area contributed by atoms with Gasteiger partial charge in [0.2, 0.25) is 0 Å². The van der Waals surface area contributed by atoms with E-state index in [4.69, 9.17) is 4.98 Å². The second-order valence-corrected chi connectivity index (χ2v) is 8.68. The van der Waals surface area contributed by atoms with Crippen molar-refractivity contribution < 1.29 is 22.7 Å². The van der Waals surface area contributed by atoms with Gasteiger partial charge in [-0.2, -0.15) is 13.2 Å². The van der Waals surface area contributed by atoms with Gasteiger partial charge in [0, 0.05) is 11.1 Å². The van der Waals surface area contributed by atoms with Gasteiger partial charge in [0.1, 0.15) is 11.4 Å². The quantitative estimate of drug-likeness (QED) is 0.405. The molecule has 3 rings (SSSR count). The number of hydrogen-bond acceptors (Lipinski definition) is 6. The molecule has 0 bridgehead atoms. The van der Waals surface area contributed by atoms with E-state index in [2.05, 4.69) is 35.0 Å². The fourth-order valence-corrected chi connectivity index (χ4v) is 4.51. The lowest BCUT2D eigenvalue weighted by molar-refractivity contribution is -0.137. The zero-order valence-electron chi connectivity index (χ0n) is 21.1. The number of carbonyl (C=O) groups is 1. The molecule has 1 aliphatic rings. The second-order valence-electron chi connectivity index (χ2n) is 7.60. The number of hydrogen-bond donors (Lipinski definition) is 1. The highest BCUT2D eigenvalue weighted by atomic mass is 32.1. The van der Waals surface area contributed by atoms with E-state index in [-0.39, 0.29) is 11.4 Å². The normalized spacial score (nSPS) is 13.2. The van der Waals surface area contributed by atoms with Crippen molar-refractivity contribution >= 4 is 33.8 Å². The molecule has 2 aromatic heterocycles. The van der Waals surface area contributed by atoms with Crippen LogP contribution < -0.4 is 5.32 Å². The highest BCUT2D eigenvalue weighted by molar-refractivity contribution is 7.15. The van der Waals surface area contributed by atoms with E-state index >= 15 is 0 Å². The molecule has 0 saturated heterocycles. The fraction of sp³-hybridized carbons (Fsp3) is 0.560. The van der Waals surface area contributed by atoms with Gasteiger partial charge in [0.15, 0.2) is 5.13 Å². The molecule has 1 N–H and O–H groups in total. The van der Waals surface area contributed by atoms with E-state index < -0.39 is 17.7 Å². The SMILES string of the molecule is CC.CC.COC(=O)c1cc(C(F)(F)F)cnc1Nc1nc(C2=CCCCC2)c(CC(C)C)s1. The Bertz CT molecular complexity index is 953. The van der Waals surface area contributed by atoms with Crippen LogP contribution in [-0.4, -0.2) is 23.0 Å². The smallest absolute Gasteiger partial charge is 0.417 e. The molecule has 0 saturated carbocycles. The van der Waals surface area contributed by atoms with E-state index in [0.29, 0.717) is 17.2 Å². The van der Waals surface area contributed by atoms with Crippen LogP contribution in [0.25, 0.3) is 5.57 Å². The summed E-state index contributed by atoms with van der Waals surface area (Å²) in [4.78, 5) is 21.7. The number of carbonyl (C=O) groups excluding carboxylic acids is 1. The molecule has 0 amide bonds. The molecule has 2 aromatic rings. The third kappa shape index (κ3) is 8.11. The lowest BCUT2D eigenvalue weighted by Gasteiger charge is -2.13. The first-order chi connectivity index (χ1) is 16.2. The van der Waals surface area contributed by atoms with E-state index in [0.717, 1.165) is 55.9 Å². The zero-order chi connectivity index (χ0) is 25.9. The molecule has 0 fully saturated rings. The standard InChI is InChI=1S/C21H24F3N3O2S.2C2H6/c1-12(2)9-16-17(13-7-5-4-6-8-13)26-20(30-16)27-18-15(19(28)29-3)10-14(11-25-18)21(22,23)24;2*1-2/h7,10-12H,4-6,8-9H2,1-3H3,(H,25,26,27);2*1-2H3. The summed E-state index contributed by atoms with van der Waals surface area (Å²) in [6.07, 6.45) is 3.39. The van der Waals surface area contributed by atoms with Gasteiger partial charge in [-0.05, 0) is 49.7 Å². The summed E-state index contributed by atoms with van der Waals surface area (Å²) in [5, 5.41) is 3.43. The van der Waals surface area contributed by atoms with Crippen molar-refractivity contribution in [3.05, 3.63) is 40.0 Å². The van der Waals surface area contributed by atoms with E-state index in [1.165, 1.54) is 16.9 Å². The van der Waals surface area contributed by atoms with Gasteiger partial charge in [-0.25, -0.2) is 14.8 Å². The summed E-state index contributed by atoms with van der Waals surface area (Å²) < 4.78 is 43.8. The van der Waals surface area contributed by atoms with Crippen LogP contribution in [-0.2, 0) is 17.3 Å². The van der Waals surface area contributed by atoms with Crippen molar-refractivity contribution in [2.75, 3.05) is 12.4 Å². The molecule has 0 atom stereocenters. The van der Waals surface area contributed by atoms with Gasteiger partial charge < -0.3 is 10.1 Å². The Labute approximate surface area is 204 Å². The molecule has 0 spiro atoms. The maximum absolute atomic E-state index is 13.0. The minimum atomic E-state index is -4.61. The average molecular weight is 500 g/mol. The minimum absolute atomic E-state index is 0.0103. The number of nitrogens with zero attached hydrogens (tertiary/aromatic N) is 2. The second kappa shape index (κ2) is 14.1. The van der Waals surface area contributed by atoms with Crippen molar-refractivity contribution in [3.8, 4) is 0 Å². The molecule has 0 aromatic carbocycles. The topological polar surface area (TPSA) is 64.1 Å². The van der Waals surface area contributed by atoms with Crippen molar-refractivity contribution in [3.63, 3.8) is 0 Å². The Morgan fingerprint density at radius 1 is 1.21 bits per heavy atom. The van der Waals surface area contributed by atoms with Crippen LogP contribution in [0.2, 0.25) is 0 Å². The number of thiazole rings is 1. The van der Waals surface area contributed by atoms with E-state index in [1.54, 1.807) is 0 Å². The Morgan fingerprint density at radius 2 is 1.88 bits per heavy atom. The number of pyridine rings is 1. The van der Waals surface area contributed by atoms with Crippen LogP contribution in [0.4, 0.5) is 24.1 Å². The number of alkyl halides is 3. The molecule has 5 nitrogen and oxygen atoms in total. The molecule has 1 aliphatic carbocycles. The Hall–Kier alpha value is -2.42. The number of esters is 1. The van der Waals surface area contributed by atoms with Gasteiger partial charge in [0.25, 0.3) is 0 Å². The van der Waals surface area contributed by atoms with Gasteiger partial charge >= 0.3 is 12.1 Å². The molecule has 2 heterocycles. The average Bonchev–Trinajstić information content (AvgIpc) is 3.22. The lowest BCUT2D eigenvalue weighted by atomic mass is 9.95. The van der Waals surface area contributed by atoms with Crippen molar-refractivity contribution in [2.45, 2.75) is 79.8 Å². The summed E-state index contributed by atoms with van der Waals surface area (Å²) in [6.45, 7) is 12.2. The van der Waals surface area contributed by atoms with Crippen LogP contribution in [0.5, 0.6) is 0 Å². The van der Waals surface area contributed by atoms with E-state index in [1.807, 2.05) is 27.7 Å². The van der Waals surface area contributed by atoms with Crippen LogP contribution in [0.15, 0.2) is 18.3 Å². The number of nitrogens with one attached hydrogen (secondary N) is 1. The number of rotatable bonds is 6. The maximum Gasteiger partial charge on any atom is 0.417 e. The number of anilines is 2. The third-order valence-corrected chi connectivity index (χ3v) is 5.72. The summed E-state index contributed by atoms with van der Waals surface area (Å²) >= 11 is 1.44. The number of methoxy groups -OCH3 is 1. The molecule has 0 radical (unpaired) electrons. The molecular formula is C25H36F3N3O2S. The van der Waals surface area contributed by atoms with Crippen molar-refractivity contribution in [1.82, 2.24) is 9.97 Å². The highest BCUT2D eigenvalue weighted by Gasteiger charge is 2.33. The highest BCUT2D eigenvalue weighted by Crippen LogP contribution is 2.37. The van der Waals surface area contributed by atoms with Gasteiger partial charge in [-0.3, -0.25) is 0 Å². The summed E-state index contributed by atoms with van der Waals surface area (Å²) in [5.74, 6) is -0.481. The number of aromatic nitrogens is 2. The van der Waals surface area contributed by atoms with Crippen molar-refractivity contribution in [2.24, 2.45) is 5.92 Å². The number of allylic oxidation sites excluding steroid dienone is 2. The fourth-order valence-electron chi connectivity index (χ4n) is 3.30. The van der Waals surface area contributed by atoms with Gasteiger partial charge in [-0.1, -0.05) is 47.6 Å². The first-order valence-electron chi connectivity index (χ1n) is 11.8. The summed E-state index contributed by atoms with van der Waals surface area (Å²) in [7, 11) is 1.12. The van der Waals surface area contributed by atoms with E-state index in [9.17, 15) is 18.0 Å². The molecule has 34 heavy (non-hydrogen) atoms. The first kappa shape index (κ1) is 29.6. The number of ether oxygens (including phenoxy) is 1. The minimum Gasteiger partial charge on any atom is -0.465 e. The van der Waals surface area contributed by atoms with Crippen LogP contribution in [0, 0.1) is 5.92 Å². The summed E-state index contributed by atoms with van der Waals surface area (Å²) in [5.41, 5.74) is 0.838. The maximum atomic E-state index is 13.0. The van der Waals surface area contributed by atoms with Crippen molar-refractivity contribution in [1.29, 1.82) is 0 Å². The molecular weight excluding hydrogens is 463 g/mol. The summed E-state index contributed by atoms with van der Waals surface area (Å²) in [6, 6.07) is 0.744. The Morgan fingerprint density at radius 3 is 2.41 bits per heavy atom. The monoisotopic (exact) mass is 499 g/mol. The van der Waals surface area contributed by atoms with Gasteiger partial charge in [0.05, 0.1) is 18.4 Å². The largest absolute Gasteiger partial charge is 0.465 e.